The first-order chi connectivity index (χ1) is 6.13. The Hall–Kier alpha value is -1.14. The first-order valence-electron chi connectivity index (χ1n) is 3.54. The second-order valence-electron chi connectivity index (χ2n) is 2.39. The lowest BCUT2D eigenvalue weighted by Crippen LogP contribution is -2.21. The zero-order valence-electron chi connectivity index (χ0n) is 6.93. The third-order valence-electron chi connectivity index (χ3n) is 1.43. The van der Waals surface area contributed by atoms with Crippen molar-refractivity contribution in [2.75, 3.05) is 7.11 Å². The van der Waals surface area contributed by atoms with Crippen LogP contribution in [0.1, 0.15) is 4.88 Å². The zero-order chi connectivity index (χ0) is 9.84. The molecule has 1 atom stereocenters. The zero-order valence-corrected chi connectivity index (χ0v) is 7.74. The van der Waals surface area contributed by atoms with Crippen molar-refractivity contribution in [3.05, 3.63) is 10.9 Å². The average molecular weight is 203 g/mol. The van der Waals surface area contributed by atoms with E-state index in [0.29, 0.717) is 10.8 Å². The van der Waals surface area contributed by atoms with Crippen molar-refractivity contribution in [3.8, 4) is 5.88 Å². The molecule has 0 amide bonds. The molecular formula is C7H9NO4S. The number of hydrogen-bond acceptors (Lipinski definition) is 5. The maximum atomic E-state index is 10.3. The van der Waals surface area contributed by atoms with Crippen molar-refractivity contribution in [1.29, 1.82) is 0 Å². The summed E-state index contributed by atoms with van der Waals surface area (Å²) in [6, 6.07) is 1.61. The lowest BCUT2D eigenvalue weighted by Gasteiger charge is -2.00. The number of aromatic nitrogens is 1. The fraction of sp³-hybridized carbons (Fsp3) is 0.429. The Morgan fingerprint density at radius 3 is 3.00 bits per heavy atom. The van der Waals surface area contributed by atoms with Gasteiger partial charge in [0.25, 0.3) is 0 Å². The maximum Gasteiger partial charge on any atom is 0.332 e. The molecule has 0 bridgehead atoms. The summed E-state index contributed by atoms with van der Waals surface area (Å²) in [4.78, 5) is 11.0. The quantitative estimate of drug-likeness (QED) is 0.727. The van der Waals surface area contributed by atoms with E-state index in [4.69, 9.17) is 14.9 Å². The number of carbonyl (C=O) groups is 1. The van der Waals surface area contributed by atoms with E-state index >= 15 is 0 Å². The minimum absolute atomic E-state index is 0.0658. The van der Waals surface area contributed by atoms with Gasteiger partial charge in [0, 0.05) is 17.4 Å². The van der Waals surface area contributed by atoms with Crippen LogP contribution < -0.4 is 4.74 Å². The number of carboxylic acids is 1. The molecule has 0 saturated heterocycles. The molecular weight excluding hydrogens is 194 g/mol. The van der Waals surface area contributed by atoms with Gasteiger partial charge in [-0.05, 0) is 11.5 Å². The van der Waals surface area contributed by atoms with Crippen LogP contribution in [0.3, 0.4) is 0 Å². The molecule has 13 heavy (non-hydrogen) atoms. The molecule has 1 heterocycles. The molecule has 1 rings (SSSR count). The summed E-state index contributed by atoms with van der Waals surface area (Å²) in [6.45, 7) is 0. The van der Waals surface area contributed by atoms with Gasteiger partial charge in [-0.2, -0.15) is 4.37 Å². The SMILES string of the molecule is COc1cc(CC(O)C(=O)O)sn1. The van der Waals surface area contributed by atoms with Gasteiger partial charge in [0.05, 0.1) is 7.11 Å². The van der Waals surface area contributed by atoms with Gasteiger partial charge >= 0.3 is 5.97 Å². The number of aliphatic hydroxyl groups is 1. The molecule has 0 fully saturated rings. The third-order valence-corrected chi connectivity index (χ3v) is 2.22. The predicted octanol–water partition coefficient (Wildman–Crippen LogP) is 0.140. The van der Waals surface area contributed by atoms with Crippen molar-refractivity contribution < 1.29 is 19.7 Å². The highest BCUT2D eigenvalue weighted by Gasteiger charge is 2.15. The second-order valence-corrected chi connectivity index (χ2v) is 3.28. The summed E-state index contributed by atoms with van der Waals surface area (Å²) >= 11 is 1.12. The lowest BCUT2D eigenvalue weighted by molar-refractivity contribution is -0.146. The Morgan fingerprint density at radius 2 is 2.54 bits per heavy atom. The average Bonchev–Trinajstić information content (AvgIpc) is 2.52. The lowest BCUT2D eigenvalue weighted by atomic mass is 10.2. The molecule has 0 aliphatic carbocycles. The van der Waals surface area contributed by atoms with Gasteiger partial charge in [-0.15, -0.1) is 0 Å². The molecule has 0 saturated carbocycles. The molecule has 72 valence electrons. The van der Waals surface area contributed by atoms with Gasteiger partial charge in [-0.25, -0.2) is 4.79 Å². The Morgan fingerprint density at radius 1 is 1.85 bits per heavy atom. The van der Waals surface area contributed by atoms with Crippen molar-refractivity contribution in [2.45, 2.75) is 12.5 Å². The van der Waals surface area contributed by atoms with Crippen molar-refractivity contribution in [1.82, 2.24) is 4.37 Å². The molecule has 1 aromatic rings. The highest BCUT2D eigenvalue weighted by molar-refractivity contribution is 7.05. The van der Waals surface area contributed by atoms with Crippen LogP contribution in [-0.2, 0) is 11.2 Å². The van der Waals surface area contributed by atoms with Crippen LogP contribution in [0.25, 0.3) is 0 Å². The first kappa shape index (κ1) is 9.94. The Bertz CT molecular complexity index is 298. The van der Waals surface area contributed by atoms with Gasteiger partial charge in [-0.1, -0.05) is 0 Å². The topological polar surface area (TPSA) is 79.7 Å². The number of aliphatic carboxylic acids is 1. The molecule has 0 aliphatic rings. The molecule has 0 spiro atoms. The Balaban J connectivity index is 2.58. The largest absolute Gasteiger partial charge is 0.480 e. The monoisotopic (exact) mass is 203 g/mol. The van der Waals surface area contributed by atoms with Crippen molar-refractivity contribution in [2.24, 2.45) is 0 Å². The van der Waals surface area contributed by atoms with E-state index in [0.717, 1.165) is 11.5 Å². The van der Waals surface area contributed by atoms with Crippen LogP contribution in [0.2, 0.25) is 0 Å². The van der Waals surface area contributed by atoms with Crippen LogP contribution in [0.4, 0.5) is 0 Å². The Labute approximate surface area is 78.8 Å². The number of aliphatic hydroxyl groups excluding tert-OH is 1. The Kier molecular flexibility index (Phi) is 3.21. The minimum Gasteiger partial charge on any atom is -0.480 e. The molecule has 0 radical (unpaired) electrons. The van der Waals surface area contributed by atoms with E-state index in [-0.39, 0.29) is 6.42 Å². The highest BCUT2D eigenvalue weighted by Crippen LogP contribution is 2.17. The summed E-state index contributed by atoms with van der Waals surface area (Å²) in [5.41, 5.74) is 0. The molecule has 1 unspecified atom stereocenters. The van der Waals surface area contributed by atoms with Gasteiger partial charge < -0.3 is 14.9 Å². The number of rotatable bonds is 4. The second kappa shape index (κ2) is 4.20. The smallest absolute Gasteiger partial charge is 0.332 e. The molecule has 6 heteroatoms. The summed E-state index contributed by atoms with van der Waals surface area (Å²) in [5.74, 6) is -0.787. The normalized spacial score (nSPS) is 12.5. The summed E-state index contributed by atoms with van der Waals surface area (Å²) in [6.07, 6.45) is -1.30. The summed E-state index contributed by atoms with van der Waals surface area (Å²) in [5, 5.41) is 17.4. The molecule has 0 aromatic carbocycles. The van der Waals surface area contributed by atoms with Gasteiger partial charge in [0.1, 0.15) is 0 Å². The van der Waals surface area contributed by atoms with Gasteiger partial charge in [-0.3, -0.25) is 0 Å². The van der Waals surface area contributed by atoms with Crippen LogP contribution in [-0.4, -0.2) is 33.8 Å². The number of nitrogens with zero attached hydrogens (tertiary/aromatic N) is 1. The number of methoxy groups -OCH3 is 1. The highest BCUT2D eigenvalue weighted by atomic mass is 32.1. The van der Waals surface area contributed by atoms with E-state index in [1.54, 1.807) is 6.07 Å². The van der Waals surface area contributed by atoms with E-state index in [1.807, 2.05) is 0 Å². The molecule has 5 nitrogen and oxygen atoms in total. The number of carboxylic acid groups (broad SMARTS) is 1. The van der Waals surface area contributed by atoms with Crippen LogP contribution in [0.15, 0.2) is 6.07 Å². The van der Waals surface area contributed by atoms with Gasteiger partial charge in [0.2, 0.25) is 5.88 Å². The van der Waals surface area contributed by atoms with Crippen LogP contribution in [0.5, 0.6) is 5.88 Å². The van der Waals surface area contributed by atoms with E-state index in [2.05, 4.69) is 4.37 Å². The fourth-order valence-corrected chi connectivity index (χ4v) is 1.48. The first-order valence-corrected chi connectivity index (χ1v) is 4.31. The number of ether oxygens (including phenoxy) is 1. The fourth-order valence-electron chi connectivity index (χ4n) is 0.764. The summed E-state index contributed by atoms with van der Waals surface area (Å²) < 4.78 is 8.67. The predicted molar refractivity (Wildman–Crippen MR) is 46.0 cm³/mol. The van der Waals surface area contributed by atoms with Crippen LogP contribution in [0, 0.1) is 0 Å². The van der Waals surface area contributed by atoms with Crippen molar-refractivity contribution >= 4 is 17.5 Å². The maximum absolute atomic E-state index is 10.3. The van der Waals surface area contributed by atoms with E-state index in [1.165, 1.54) is 7.11 Å². The van der Waals surface area contributed by atoms with Crippen molar-refractivity contribution in [3.63, 3.8) is 0 Å². The molecule has 0 aliphatic heterocycles. The number of hydrogen-bond donors (Lipinski definition) is 2. The van der Waals surface area contributed by atoms with E-state index in [9.17, 15) is 4.79 Å². The minimum atomic E-state index is -1.37. The summed E-state index contributed by atoms with van der Waals surface area (Å²) in [7, 11) is 1.48. The van der Waals surface area contributed by atoms with E-state index < -0.39 is 12.1 Å². The molecule has 1 aromatic heterocycles. The van der Waals surface area contributed by atoms with Crippen LogP contribution >= 0.6 is 11.5 Å². The van der Waals surface area contributed by atoms with Gasteiger partial charge in [0.15, 0.2) is 6.10 Å². The third kappa shape index (κ3) is 2.67. The molecule has 2 N–H and O–H groups in total. The standard InChI is InChI=1S/C7H9NO4S/c1-12-6-3-4(13-8-6)2-5(9)7(10)11/h3,5,9H,2H2,1H3,(H,10,11).